The van der Waals surface area contributed by atoms with Crippen LogP contribution < -0.4 is 5.32 Å². The SMILES string of the molecule is Cc1cccc(-c2nnc(SCC(=O)Nc3ccc(S(C)(=O)=O)cc3)n2[C@@H]2CCCC[C@H]2C)c1. The summed E-state index contributed by atoms with van der Waals surface area (Å²) in [5.41, 5.74) is 2.76. The van der Waals surface area contributed by atoms with Gasteiger partial charge in [-0.25, -0.2) is 8.42 Å². The topological polar surface area (TPSA) is 94.0 Å². The van der Waals surface area contributed by atoms with Gasteiger partial charge in [0.1, 0.15) is 0 Å². The minimum absolute atomic E-state index is 0.180. The number of aryl methyl sites for hydroxylation is 1. The summed E-state index contributed by atoms with van der Waals surface area (Å²) in [6.07, 6.45) is 5.82. The second-order valence-electron chi connectivity index (χ2n) is 9.01. The number of carbonyl (C=O) groups is 1. The molecule has 1 aliphatic rings. The lowest BCUT2D eigenvalue weighted by molar-refractivity contribution is -0.113. The molecule has 180 valence electrons. The number of thioether (sulfide) groups is 1. The highest BCUT2D eigenvalue weighted by Gasteiger charge is 2.29. The number of nitrogens with one attached hydrogen (secondary N) is 1. The quantitative estimate of drug-likeness (QED) is 0.454. The summed E-state index contributed by atoms with van der Waals surface area (Å²) < 4.78 is 25.5. The molecule has 1 aromatic heterocycles. The molecule has 1 heterocycles. The fourth-order valence-corrected chi connectivity index (χ4v) is 5.87. The van der Waals surface area contributed by atoms with Crippen molar-refractivity contribution < 1.29 is 13.2 Å². The van der Waals surface area contributed by atoms with Crippen LogP contribution in [0.15, 0.2) is 58.6 Å². The molecule has 34 heavy (non-hydrogen) atoms. The van der Waals surface area contributed by atoms with Gasteiger partial charge in [0.05, 0.1) is 10.6 Å². The van der Waals surface area contributed by atoms with Crippen LogP contribution >= 0.6 is 11.8 Å². The largest absolute Gasteiger partial charge is 0.325 e. The van der Waals surface area contributed by atoms with E-state index in [4.69, 9.17) is 0 Å². The van der Waals surface area contributed by atoms with Crippen molar-refractivity contribution in [3.8, 4) is 11.4 Å². The Morgan fingerprint density at radius 2 is 1.85 bits per heavy atom. The summed E-state index contributed by atoms with van der Waals surface area (Å²) in [7, 11) is -3.27. The van der Waals surface area contributed by atoms with E-state index >= 15 is 0 Å². The molecule has 1 saturated carbocycles. The molecule has 2 atom stereocenters. The fraction of sp³-hybridized carbons (Fsp3) is 0.400. The molecule has 0 radical (unpaired) electrons. The highest BCUT2D eigenvalue weighted by atomic mass is 32.2. The van der Waals surface area contributed by atoms with Gasteiger partial charge in [0.2, 0.25) is 5.91 Å². The highest BCUT2D eigenvalue weighted by Crippen LogP contribution is 2.39. The first-order chi connectivity index (χ1) is 16.2. The Balaban J connectivity index is 1.53. The Morgan fingerprint density at radius 1 is 1.12 bits per heavy atom. The van der Waals surface area contributed by atoms with Gasteiger partial charge in [-0.3, -0.25) is 9.36 Å². The number of hydrogen-bond acceptors (Lipinski definition) is 6. The Labute approximate surface area is 205 Å². The van der Waals surface area contributed by atoms with E-state index in [1.54, 1.807) is 12.1 Å². The Hall–Kier alpha value is -2.65. The van der Waals surface area contributed by atoms with E-state index < -0.39 is 9.84 Å². The number of anilines is 1. The maximum atomic E-state index is 12.6. The molecule has 0 spiro atoms. The summed E-state index contributed by atoms with van der Waals surface area (Å²) >= 11 is 1.38. The van der Waals surface area contributed by atoms with Gasteiger partial charge in [0.25, 0.3) is 0 Å². The molecule has 1 amide bonds. The molecular weight excluding hydrogens is 468 g/mol. The van der Waals surface area contributed by atoms with Crippen molar-refractivity contribution >= 4 is 33.2 Å². The lowest BCUT2D eigenvalue weighted by Gasteiger charge is -2.31. The average Bonchev–Trinajstić information content (AvgIpc) is 3.21. The van der Waals surface area contributed by atoms with Crippen LogP contribution in [0.25, 0.3) is 11.4 Å². The van der Waals surface area contributed by atoms with Gasteiger partial charge in [-0.2, -0.15) is 0 Å². The smallest absolute Gasteiger partial charge is 0.234 e. The fourth-order valence-electron chi connectivity index (χ4n) is 4.45. The van der Waals surface area contributed by atoms with Crippen molar-refractivity contribution in [3.05, 3.63) is 54.1 Å². The molecule has 0 aliphatic heterocycles. The third kappa shape index (κ3) is 5.70. The van der Waals surface area contributed by atoms with E-state index in [2.05, 4.69) is 52.1 Å². The zero-order valence-corrected chi connectivity index (χ0v) is 21.3. The van der Waals surface area contributed by atoms with Gasteiger partial charge in [-0.15, -0.1) is 10.2 Å². The first-order valence-corrected chi connectivity index (χ1v) is 14.3. The molecule has 9 heteroatoms. The Bertz CT molecular complexity index is 1270. The second-order valence-corrected chi connectivity index (χ2v) is 12.0. The number of hydrogen-bond donors (Lipinski definition) is 1. The van der Waals surface area contributed by atoms with Crippen LogP contribution in [0.2, 0.25) is 0 Å². The minimum atomic E-state index is -3.27. The average molecular weight is 499 g/mol. The number of benzene rings is 2. The zero-order chi connectivity index (χ0) is 24.3. The van der Waals surface area contributed by atoms with E-state index in [0.717, 1.165) is 29.2 Å². The van der Waals surface area contributed by atoms with Crippen LogP contribution in [-0.4, -0.2) is 41.1 Å². The van der Waals surface area contributed by atoms with Gasteiger partial charge in [0.15, 0.2) is 20.8 Å². The summed E-state index contributed by atoms with van der Waals surface area (Å²) in [4.78, 5) is 12.9. The molecule has 1 fully saturated rings. The lowest BCUT2D eigenvalue weighted by Crippen LogP contribution is -2.23. The molecule has 1 aliphatic carbocycles. The molecule has 0 saturated heterocycles. The number of nitrogens with zero attached hydrogens (tertiary/aromatic N) is 3. The van der Waals surface area contributed by atoms with Crippen LogP contribution in [0.3, 0.4) is 0 Å². The molecule has 3 aromatic rings. The summed E-state index contributed by atoms with van der Waals surface area (Å²) in [5, 5.41) is 12.6. The third-order valence-electron chi connectivity index (χ3n) is 6.24. The standard InChI is InChI=1S/C25H30N4O3S2/c1-17-7-6-9-19(15-17)24-27-28-25(29(24)22-10-5-4-8-18(22)2)33-16-23(30)26-20-11-13-21(14-12-20)34(3,31)32/h6-7,9,11-15,18,22H,4-5,8,10,16H2,1-3H3,(H,26,30)/t18-,22-/m1/s1. The number of aromatic nitrogens is 3. The third-order valence-corrected chi connectivity index (χ3v) is 8.31. The van der Waals surface area contributed by atoms with Crippen molar-refractivity contribution in [1.29, 1.82) is 0 Å². The Kier molecular flexibility index (Phi) is 7.42. The molecule has 7 nitrogen and oxygen atoms in total. The Morgan fingerprint density at radius 3 is 2.53 bits per heavy atom. The summed E-state index contributed by atoms with van der Waals surface area (Å²) in [6.45, 7) is 4.35. The van der Waals surface area contributed by atoms with E-state index in [-0.39, 0.29) is 16.6 Å². The van der Waals surface area contributed by atoms with Crippen molar-refractivity contribution in [2.45, 2.75) is 55.6 Å². The minimum Gasteiger partial charge on any atom is -0.325 e. The monoisotopic (exact) mass is 498 g/mol. The van der Waals surface area contributed by atoms with Crippen molar-refractivity contribution in [1.82, 2.24) is 14.8 Å². The first-order valence-electron chi connectivity index (χ1n) is 11.5. The van der Waals surface area contributed by atoms with Crippen LogP contribution in [0.4, 0.5) is 5.69 Å². The maximum absolute atomic E-state index is 12.6. The van der Waals surface area contributed by atoms with Crippen molar-refractivity contribution in [3.63, 3.8) is 0 Å². The first kappa shape index (κ1) is 24.5. The van der Waals surface area contributed by atoms with E-state index in [9.17, 15) is 13.2 Å². The van der Waals surface area contributed by atoms with E-state index in [1.807, 2.05) is 6.07 Å². The van der Waals surface area contributed by atoms with Crippen LogP contribution in [0.5, 0.6) is 0 Å². The summed E-state index contributed by atoms with van der Waals surface area (Å²) in [5.74, 6) is 1.36. The number of amides is 1. The zero-order valence-electron chi connectivity index (χ0n) is 19.7. The van der Waals surface area contributed by atoms with Crippen molar-refractivity contribution in [2.24, 2.45) is 5.92 Å². The normalized spacial score (nSPS) is 18.6. The second kappa shape index (κ2) is 10.3. The molecule has 4 rings (SSSR count). The van der Waals surface area contributed by atoms with Crippen molar-refractivity contribution in [2.75, 3.05) is 17.3 Å². The van der Waals surface area contributed by atoms with Crippen LogP contribution in [0.1, 0.15) is 44.2 Å². The molecular formula is C25H30N4O3S2. The predicted molar refractivity (Wildman–Crippen MR) is 136 cm³/mol. The van der Waals surface area contributed by atoms with Crippen LogP contribution in [0, 0.1) is 12.8 Å². The number of sulfone groups is 1. The van der Waals surface area contributed by atoms with Crippen LogP contribution in [-0.2, 0) is 14.6 Å². The molecule has 0 bridgehead atoms. The number of carbonyl (C=O) groups excluding carboxylic acids is 1. The number of rotatable bonds is 7. The molecule has 1 N–H and O–H groups in total. The predicted octanol–water partition coefficient (Wildman–Crippen LogP) is 5.14. The maximum Gasteiger partial charge on any atom is 0.234 e. The molecule has 0 unspecified atom stereocenters. The van der Waals surface area contributed by atoms with Gasteiger partial charge in [-0.1, -0.05) is 55.3 Å². The van der Waals surface area contributed by atoms with Gasteiger partial charge in [0, 0.05) is 23.5 Å². The van der Waals surface area contributed by atoms with Gasteiger partial charge in [-0.05, 0) is 56.0 Å². The van der Waals surface area contributed by atoms with E-state index in [0.29, 0.717) is 17.6 Å². The lowest BCUT2D eigenvalue weighted by atomic mass is 9.85. The summed E-state index contributed by atoms with van der Waals surface area (Å²) in [6, 6.07) is 14.8. The highest BCUT2D eigenvalue weighted by molar-refractivity contribution is 7.99. The van der Waals surface area contributed by atoms with Gasteiger partial charge >= 0.3 is 0 Å². The van der Waals surface area contributed by atoms with Gasteiger partial charge < -0.3 is 5.32 Å². The molecule has 2 aromatic carbocycles. The van der Waals surface area contributed by atoms with E-state index in [1.165, 1.54) is 48.7 Å².